The molecule has 0 radical (unpaired) electrons. The molecule has 1 aromatic heterocycles. The summed E-state index contributed by atoms with van der Waals surface area (Å²) in [6.45, 7) is 1.37. The molecule has 6 nitrogen and oxygen atoms in total. The van der Waals surface area contributed by atoms with E-state index in [-0.39, 0.29) is 24.0 Å². The first-order valence-corrected chi connectivity index (χ1v) is 8.72. The van der Waals surface area contributed by atoms with Crippen molar-refractivity contribution >= 4 is 45.9 Å². The fourth-order valence-corrected chi connectivity index (χ4v) is 2.99. The summed E-state index contributed by atoms with van der Waals surface area (Å²) in [5.74, 6) is 2.11. The van der Waals surface area contributed by atoms with E-state index in [0.717, 1.165) is 34.7 Å². The smallest absolute Gasteiger partial charge is 0.191 e. The maximum absolute atomic E-state index is 5.37. The van der Waals surface area contributed by atoms with Gasteiger partial charge in [-0.05, 0) is 45.8 Å². The van der Waals surface area contributed by atoms with Crippen LogP contribution in [0.25, 0.3) is 0 Å². The van der Waals surface area contributed by atoms with Crippen molar-refractivity contribution in [3.05, 3.63) is 52.3 Å². The van der Waals surface area contributed by atoms with E-state index >= 15 is 0 Å². The second kappa shape index (κ2) is 11.9. The van der Waals surface area contributed by atoms with Gasteiger partial charge in [0, 0.05) is 38.4 Å². The summed E-state index contributed by atoms with van der Waals surface area (Å²) in [6.07, 6.45) is 2.64. The molecule has 0 saturated heterocycles. The zero-order chi connectivity index (χ0) is 18.1. The van der Waals surface area contributed by atoms with Crippen LogP contribution in [0.1, 0.15) is 11.3 Å². The largest absolute Gasteiger partial charge is 0.493 e. The minimum absolute atomic E-state index is 0. The van der Waals surface area contributed by atoms with Crippen LogP contribution < -0.4 is 20.1 Å². The van der Waals surface area contributed by atoms with Gasteiger partial charge in [0.25, 0.3) is 0 Å². The summed E-state index contributed by atoms with van der Waals surface area (Å²) < 4.78 is 11.5. The van der Waals surface area contributed by atoms with Crippen LogP contribution in [0.4, 0.5) is 0 Å². The Balaban J connectivity index is 0.00000338. The highest BCUT2D eigenvalue weighted by Gasteiger charge is 2.10. The van der Waals surface area contributed by atoms with Crippen LogP contribution in [0.5, 0.6) is 11.5 Å². The number of aliphatic imine (C=N–C) groups is 1. The highest BCUT2D eigenvalue weighted by atomic mass is 127. The molecule has 1 aromatic carbocycles. The first kappa shape index (κ1) is 22.5. The number of ether oxygens (including phenoxy) is 2. The molecule has 26 heavy (non-hydrogen) atoms. The second-order valence-corrected chi connectivity index (χ2v) is 6.09. The van der Waals surface area contributed by atoms with Crippen molar-refractivity contribution in [1.29, 1.82) is 0 Å². The highest BCUT2D eigenvalue weighted by molar-refractivity contribution is 14.0. The normalized spacial score (nSPS) is 10.7. The van der Waals surface area contributed by atoms with Crippen molar-refractivity contribution in [2.75, 3.05) is 27.8 Å². The molecular weight excluding hydrogens is 511 g/mol. The van der Waals surface area contributed by atoms with Gasteiger partial charge >= 0.3 is 0 Å². The summed E-state index contributed by atoms with van der Waals surface area (Å²) >= 11 is 3.51. The van der Waals surface area contributed by atoms with Crippen molar-refractivity contribution in [3.63, 3.8) is 0 Å². The molecule has 0 spiro atoms. The zero-order valence-corrected chi connectivity index (χ0v) is 19.0. The molecule has 0 fully saturated rings. The van der Waals surface area contributed by atoms with Gasteiger partial charge in [0.1, 0.15) is 0 Å². The van der Waals surface area contributed by atoms with Crippen molar-refractivity contribution < 1.29 is 9.47 Å². The highest BCUT2D eigenvalue weighted by Crippen LogP contribution is 2.36. The van der Waals surface area contributed by atoms with E-state index in [0.29, 0.717) is 18.0 Å². The van der Waals surface area contributed by atoms with Gasteiger partial charge in [-0.1, -0.05) is 6.07 Å². The van der Waals surface area contributed by atoms with Crippen LogP contribution in [0, 0.1) is 0 Å². The van der Waals surface area contributed by atoms with Crippen molar-refractivity contribution in [2.45, 2.75) is 13.0 Å². The predicted octanol–water partition coefficient (Wildman–Crippen LogP) is 3.39. The molecule has 2 aromatic rings. The lowest BCUT2D eigenvalue weighted by molar-refractivity contribution is 0.352. The Labute approximate surface area is 179 Å². The van der Waals surface area contributed by atoms with Gasteiger partial charge in [0.2, 0.25) is 0 Å². The van der Waals surface area contributed by atoms with E-state index in [1.807, 2.05) is 30.3 Å². The first-order valence-electron chi connectivity index (χ1n) is 7.92. The monoisotopic (exact) mass is 534 g/mol. The Morgan fingerprint density at radius 2 is 2.00 bits per heavy atom. The number of aromatic nitrogens is 1. The zero-order valence-electron chi connectivity index (χ0n) is 15.1. The maximum Gasteiger partial charge on any atom is 0.191 e. The molecule has 0 aliphatic rings. The molecule has 0 saturated carbocycles. The molecule has 1 heterocycles. The summed E-state index contributed by atoms with van der Waals surface area (Å²) in [6, 6.07) is 9.86. The van der Waals surface area contributed by atoms with E-state index < -0.39 is 0 Å². The van der Waals surface area contributed by atoms with Gasteiger partial charge in [0.05, 0.1) is 18.7 Å². The Kier molecular flexibility index (Phi) is 10.3. The molecule has 0 unspecified atom stereocenters. The van der Waals surface area contributed by atoms with Gasteiger partial charge in [-0.2, -0.15) is 0 Å². The summed E-state index contributed by atoms with van der Waals surface area (Å²) in [7, 11) is 4.99. The Bertz CT molecular complexity index is 714. The van der Waals surface area contributed by atoms with Crippen LogP contribution in [-0.2, 0) is 13.0 Å². The van der Waals surface area contributed by atoms with Crippen LogP contribution in [-0.4, -0.2) is 38.8 Å². The number of hydrogen-bond acceptors (Lipinski definition) is 4. The average molecular weight is 535 g/mol. The third-order valence-electron chi connectivity index (χ3n) is 3.58. The SMILES string of the molecule is CN=C(NCCc1ccccn1)NCc1cc(Br)c(OC)c(OC)c1.I. The topological polar surface area (TPSA) is 67.8 Å². The predicted molar refractivity (Wildman–Crippen MR) is 119 cm³/mol. The Morgan fingerprint density at radius 3 is 2.62 bits per heavy atom. The van der Waals surface area contributed by atoms with Crippen molar-refractivity contribution in [1.82, 2.24) is 15.6 Å². The Morgan fingerprint density at radius 1 is 1.19 bits per heavy atom. The fourth-order valence-electron chi connectivity index (χ4n) is 2.33. The van der Waals surface area contributed by atoms with E-state index in [4.69, 9.17) is 9.47 Å². The van der Waals surface area contributed by atoms with E-state index in [2.05, 4.69) is 36.5 Å². The van der Waals surface area contributed by atoms with Crippen LogP contribution in [0.2, 0.25) is 0 Å². The minimum Gasteiger partial charge on any atom is -0.493 e. The lowest BCUT2D eigenvalue weighted by Gasteiger charge is -2.14. The van der Waals surface area contributed by atoms with Crippen LogP contribution in [0.3, 0.4) is 0 Å². The number of nitrogens with one attached hydrogen (secondary N) is 2. The fraction of sp³-hybridized carbons (Fsp3) is 0.333. The quantitative estimate of drug-likeness (QED) is 0.324. The lowest BCUT2D eigenvalue weighted by Crippen LogP contribution is -2.37. The average Bonchev–Trinajstić information content (AvgIpc) is 2.64. The first-order chi connectivity index (χ1) is 12.2. The number of halogens is 2. The summed E-state index contributed by atoms with van der Waals surface area (Å²) in [5, 5.41) is 6.57. The molecular formula is C18H24BrIN4O2. The van der Waals surface area contributed by atoms with Gasteiger partial charge in [0.15, 0.2) is 17.5 Å². The third kappa shape index (κ3) is 6.64. The van der Waals surface area contributed by atoms with Gasteiger partial charge < -0.3 is 20.1 Å². The second-order valence-electron chi connectivity index (χ2n) is 5.24. The number of guanidine groups is 1. The number of pyridine rings is 1. The van der Waals surface area contributed by atoms with Gasteiger partial charge in [-0.3, -0.25) is 9.98 Å². The lowest BCUT2D eigenvalue weighted by atomic mass is 10.2. The maximum atomic E-state index is 5.37. The van der Waals surface area contributed by atoms with Crippen molar-refractivity contribution in [2.24, 2.45) is 4.99 Å². The Hall–Kier alpha value is -1.55. The molecule has 0 amide bonds. The van der Waals surface area contributed by atoms with E-state index in [9.17, 15) is 0 Å². The molecule has 0 atom stereocenters. The minimum atomic E-state index is 0. The van der Waals surface area contributed by atoms with Crippen LogP contribution >= 0.6 is 39.9 Å². The number of nitrogens with zero attached hydrogens (tertiary/aromatic N) is 2. The number of benzene rings is 1. The van der Waals surface area contributed by atoms with Crippen LogP contribution in [0.15, 0.2) is 46.0 Å². The summed E-state index contributed by atoms with van der Waals surface area (Å²) in [4.78, 5) is 8.55. The van der Waals surface area contributed by atoms with E-state index in [1.165, 1.54) is 0 Å². The van der Waals surface area contributed by atoms with Gasteiger partial charge in [-0.15, -0.1) is 24.0 Å². The van der Waals surface area contributed by atoms with Gasteiger partial charge in [-0.25, -0.2) is 0 Å². The molecule has 0 bridgehead atoms. The molecule has 8 heteroatoms. The molecule has 0 aliphatic heterocycles. The molecule has 2 rings (SSSR count). The number of methoxy groups -OCH3 is 2. The standard InChI is InChI=1S/C18H23BrN4O2.HI/c1-20-18(22-9-7-14-6-4-5-8-21-14)23-12-13-10-15(19)17(25-3)16(11-13)24-2;/h4-6,8,10-11H,7,9,12H2,1-3H3,(H2,20,22,23);1H. The third-order valence-corrected chi connectivity index (χ3v) is 4.17. The molecule has 2 N–H and O–H groups in total. The van der Waals surface area contributed by atoms with Crippen molar-refractivity contribution in [3.8, 4) is 11.5 Å². The number of hydrogen-bond donors (Lipinski definition) is 2. The number of rotatable bonds is 7. The van der Waals surface area contributed by atoms with E-state index in [1.54, 1.807) is 27.5 Å². The molecule has 142 valence electrons. The molecule has 0 aliphatic carbocycles. The summed E-state index contributed by atoms with van der Waals surface area (Å²) in [5.41, 5.74) is 2.10.